The number of rotatable bonds is 3. The summed E-state index contributed by atoms with van der Waals surface area (Å²) >= 11 is 0. The van der Waals surface area contributed by atoms with Gasteiger partial charge in [0.15, 0.2) is 11.6 Å². The van der Waals surface area contributed by atoms with Crippen LogP contribution in [0.5, 0.6) is 0 Å². The maximum Gasteiger partial charge on any atom is 0.353 e. The van der Waals surface area contributed by atoms with Crippen molar-refractivity contribution in [3.63, 3.8) is 0 Å². The summed E-state index contributed by atoms with van der Waals surface area (Å²) in [5, 5.41) is 17.5. The number of nitriles is 1. The first-order valence-corrected chi connectivity index (χ1v) is 6.78. The highest BCUT2D eigenvalue weighted by atomic mass is 32.2. The molecular formula is C12H6F2N2O4S. The molecule has 1 aromatic heterocycles. The summed E-state index contributed by atoms with van der Waals surface area (Å²) in [6.45, 7) is 0. The summed E-state index contributed by atoms with van der Waals surface area (Å²) in [7, 11) is -4.47. The third-order valence-electron chi connectivity index (χ3n) is 2.61. The van der Waals surface area contributed by atoms with Crippen molar-refractivity contribution in [1.29, 1.82) is 5.26 Å². The standard InChI is InChI=1S/C12H6F2N2O4S/c13-9-5-8(4-7(6-15)11(9)14)21(19,20)16-3-1-2-10(16)12(17)18/h1-5H,(H,17,18). The average Bonchev–Trinajstić information content (AvgIpc) is 2.91. The van der Waals surface area contributed by atoms with Gasteiger partial charge in [-0.25, -0.2) is 26.0 Å². The number of carbonyl (C=O) groups is 1. The van der Waals surface area contributed by atoms with Crippen LogP contribution in [0.1, 0.15) is 16.1 Å². The number of halogens is 2. The summed E-state index contributed by atoms with van der Waals surface area (Å²) < 4.78 is 51.5. The lowest BCUT2D eigenvalue weighted by molar-refractivity contribution is 0.0689. The van der Waals surface area contributed by atoms with Crippen molar-refractivity contribution in [3.05, 3.63) is 53.4 Å². The van der Waals surface area contributed by atoms with Crippen LogP contribution in [0.15, 0.2) is 35.4 Å². The van der Waals surface area contributed by atoms with Crippen LogP contribution in [-0.2, 0) is 10.0 Å². The van der Waals surface area contributed by atoms with Crippen molar-refractivity contribution in [3.8, 4) is 6.07 Å². The average molecular weight is 312 g/mol. The molecule has 6 nitrogen and oxygen atoms in total. The Kier molecular flexibility index (Phi) is 3.49. The lowest BCUT2D eigenvalue weighted by atomic mass is 10.2. The zero-order valence-electron chi connectivity index (χ0n) is 10.1. The first kappa shape index (κ1) is 14.7. The Hall–Kier alpha value is -2.73. The molecule has 0 aliphatic rings. The molecule has 1 N–H and O–H groups in total. The fraction of sp³-hybridized carbons (Fsp3) is 0. The van der Waals surface area contributed by atoms with E-state index in [9.17, 15) is 22.0 Å². The molecule has 1 aromatic carbocycles. The van der Waals surface area contributed by atoms with Crippen LogP contribution in [0.2, 0.25) is 0 Å². The fourth-order valence-corrected chi connectivity index (χ4v) is 3.02. The highest BCUT2D eigenvalue weighted by Crippen LogP contribution is 2.21. The minimum atomic E-state index is -4.47. The predicted molar refractivity (Wildman–Crippen MR) is 65.0 cm³/mol. The van der Waals surface area contributed by atoms with E-state index in [1.165, 1.54) is 12.1 Å². The second-order valence-electron chi connectivity index (χ2n) is 3.88. The van der Waals surface area contributed by atoms with Gasteiger partial charge in [-0.05, 0) is 24.3 Å². The number of aromatic carboxylic acids is 1. The monoisotopic (exact) mass is 312 g/mol. The van der Waals surface area contributed by atoms with Crippen molar-refractivity contribution < 1.29 is 27.1 Å². The van der Waals surface area contributed by atoms with Crippen LogP contribution in [0.25, 0.3) is 0 Å². The van der Waals surface area contributed by atoms with Gasteiger partial charge >= 0.3 is 5.97 Å². The molecule has 0 amide bonds. The molecule has 2 aromatic rings. The van der Waals surface area contributed by atoms with Gasteiger partial charge in [0.2, 0.25) is 0 Å². The quantitative estimate of drug-likeness (QED) is 0.927. The van der Waals surface area contributed by atoms with E-state index in [2.05, 4.69) is 0 Å². The molecule has 0 fully saturated rings. The molecule has 0 unspecified atom stereocenters. The number of hydrogen-bond acceptors (Lipinski definition) is 4. The Morgan fingerprint density at radius 2 is 2.00 bits per heavy atom. The molecule has 0 saturated heterocycles. The summed E-state index contributed by atoms with van der Waals surface area (Å²) in [6.07, 6.45) is 0.950. The van der Waals surface area contributed by atoms with Gasteiger partial charge in [-0.15, -0.1) is 0 Å². The Balaban J connectivity index is 2.71. The van der Waals surface area contributed by atoms with Gasteiger partial charge in [0, 0.05) is 6.20 Å². The van der Waals surface area contributed by atoms with Crippen molar-refractivity contribution in [2.45, 2.75) is 4.90 Å². The Morgan fingerprint density at radius 1 is 1.33 bits per heavy atom. The Labute approximate surface area is 117 Å². The molecule has 0 atom stereocenters. The van der Waals surface area contributed by atoms with Crippen LogP contribution >= 0.6 is 0 Å². The van der Waals surface area contributed by atoms with E-state index in [-0.39, 0.29) is 0 Å². The molecule has 0 aliphatic carbocycles. The Morgan fingerprint density at radius 3 is 2.57 bits per heavy atom. The van der Waals surface area contributed by atoms with Gasteiger partial charge in [0.05, 0.1) is 10.5 Å². The summed E-state index contributed by atoms with van der Waals surface area (Å²) in [5.74, 6) is -4.49. The number of nitrogens with zero attached hydrogens (tertiary/aromatic N) is 2. The minimum absolute atomic E-state index is 0.386. The van der Waals surface area contributed by atoms with Gasteiger partial charge in [-0.3, -0.25) is 0 Å². The lowest BCUT2D eigenvalue weighted by Crippen LogP contribution is -2.18. The summed E-state index contributed by atoms with van der Waals surface area (Å²) in [4.78, 5) is 10.2. The van der Waals surface area contributed by atoms with Crippen LogP contribution in [0.4, 0.5) is 8.78 Å². The van der Waals surface area contributed by atoms with Crippen molar-refractivity contribution in [2.24, 2.45) is 0 Å². The summed E-state index contributed by atoms with van der Waals surface area (Å²) in [6, 6.07) is 4.56. The van der Waals surface area contributed by atoms with Crippen molar-refractivity contribution in [1.82, 2.24) is 3.97 Å². The SMILES string of the molecule is N#Cc1cc(S(=O)(=O)n2cccc2C(=O)O)cc(F)c1F. The molecule has 0 aliphatic heterocycles. The van der Waals surface area contributed by atoms with E-state index >= 15 is 0 Å². The van der Waals surface area contributed by atoms with E-state index in [4.69, 9.17) is 10.4 Å². The molecule has 0 radical (unpaired) electrons. The van der Waals surface area contributed by atoms with Crippen molar-refractivity contribution >= 4 is 16.0 Å². The van der Waals surface area contributed by atoms with Gasteiger partial charge in [0.1, 0.15) is 11.8 Å². The van der Waals surface area contributed by atoms with Crippen molar-refractivity contribution in [2.75, 3.05) is 0 Å². The first-order chi connectivity index (χ1) is 9.78. The maximum absolute atomic E-state index is 13.3. The summed E-state index contributed by atoms with van der Waals surface area (Å²) in [5.41, 5.74) is -1.36. The second-order valence-corrected chi connectivity index (χ2v) is 5.69. The Bertz CT molecular complexity index is 881. The normalized spacial score (nSPS) is 11.1. The van der Waals surface area contributed by atoms with Crippen LogP contribution in [0.3, 0.4) is 0 Å². The number of benzene rings is 1. The third-order valence-corrected chi connectivity index (χ3v) is 4.28. The predicted octanol–water partition coefficient (Wildman–Crippen LogP) is 1.57. The van der Waals surface area contributed by atoms with Crippen LogP contribution < -0.4 is 0 Å². The topological polar surface area (TPSA) is 100 Å². The molecule has 0 bridgehead atoms. The van der Waals surface area contributed by atoms with Crippen LogP contribution in [0, 0.1) is 23.0 Å². The maximum atomic E-state index is 13.3. The number of aromatic nitrogens is 1. The minimum Gasteiger partial charge on any atom is -0.477 e. The molecular weight excluding hydrogens is 306 g/mol. The van der Waals surface area contributed by atoms with Gasteiger partial charge in [-0.1, -0.05) is 0 Å². The molecule has 21 heavy (non-hydrogen) atoms. The van der Waals surface area contributed by atoms with Gasteiger partial charge < -0.3 is 5.11 Å². The number of hydrogen-bond donors (Lipinski definition) is 1. The van der Waals surface area contributed by atoms with Gasteiger partial charge in [-0.2, -0.15) is 5.26 Å². The van der Waals surface area contributed by atoms with Crippen LogP contribution in [-0.4, -0.2) is 23.5 Å². The number of carboxylic acid groups (broad SMARTS) is 1. The van der Waals surface area contributed by atoms with E-state index in [0.717, 1.165) is 12.3 Å². The first-order valence-electron chi connectivity index (χ1n) is 5.34. The van der Waals surface area contributed by atoms with Gasteiger partial charge in [0.25, 0.3) is 10.0 Å². The lowest BCUT2D eigenvalue weighted by Gasteiger charge is -2.09. The van der Waals surface area contributed by atoms with E-state index < -0.39 is 43.8 Å². The molecule has 0 spiro atoms. The van der Waals surface area contributed by atoms with E-state index in [0.29, 0.717) is 16.1 Å². The van der Waals surface area contributed by atoms with E-state index in [1.54, 1.807) is 0 Å². The zero-order valence-corrected chi connectivity index (χ0v) is 10.9. The highest BCUT2D eigenvalue weighted by molar-refractivity contribution is 7.90. The molecule has 0 saturated carbocycles. The third kappa shape index (κ3) is 2.36. The molecule has 108 valence electrons. The fourth-order valence-electron chi connectivity index (χ4n) is 1.65. The number of carboxylic acids is 1. The smallest absolute Gasteiger partial charge is 0.353 e. The second kappa shape index (κ2) is 4.99. The zero-order chi connectivity index (χ0) is 15.8. The molecule has 2 rings (SSSR count). The highest BCUT2D eigenvalue weighted by Gasteiger charge is 2.25. The largest absolute Gasteiger partial charge is 0.477 e. The van der Waals surface area contributed by atoms with E-state index in [1.807, 2.05) is 0 Å². The molecule has 1 heterocycles. The molecule has 9 heteroatoms.